The highest BCUT2D eigenvalue weighted by atomic mass is 16.2. The van der Waals surface area contributed by atoms with Crippen molar-refractivity contribution in [2.45, 2.75) is 33.2 Å². The van der Waals surface area contributed by atoms with Gasteiger partial charge in [0, 0.05) is 42.4 Å². The van der Waals surface area contributed by atoms with Crippen molar-refractivity contribution in [1.29, 1.82) is 0 Å². The Morgan fingerprint density at radius 2 is 1.91 bits per heavy atom. The summed E-state index contributed by atoms with van der Waals surface area (Å²) >= 11 is 0. The smallest absolute Gasteiger partial charge is 0.255 e. The largest absolute Gasteiger partial charge is 0.397 e. The van der Waals surface area contributed by atoms with E-state index in [1.54, 1.807) is 12.3 Å². The van der Waals surface area contributed by atoms with Gasteiger partial charge >= 0.3 is 0 Å². The van der Waals surface area contributed by atoms with Gasteiger partial charge in [-0.3, -0.25) is 9.78 Å². The van der Waals surface area contributed by atoms with Crippen LogP contribution < -0.4 is 11.1 Å². The molecular weight excluding hydrogens is 414 g/mol. The van der Waals surface area contributed by atoms with E-state index in [1.807, 2.05) is 62.2 Å². The molecule has 8 heteroatoms. The number of pyridine rings is 2. The lowest BCUT2D eigenvalue weighted by atomic mass is 10.0. The van der Waals surface area contributed by atoms with Gasteiger partial charge in [-0.15, -0.1) is 10.2 Å². The molecule has 166 valence electrons. The van der Waals surface area contributed by atoms with E-state index in [9.17, 15) is 4.79 Å². The topological polar surface area (TPSA) is 110 Å². The molecule has 0 bridgehead atoms. The number of nitrogens with zero attached hydrogens (tertiary/aromatic N) is 5. The van der Waals surface area contributed by atoms with Crippen LogP contribution in [0.5, 0.6) is 0 Å². The summed E-state index contributed by atoms with van der Waals surface area (Å²) in [5.41, 5.74) is 12.1. The second-order valence-electron chi connectivity index (χ2n) is 8.58. The Morgan fingerprint density at radius 1 is 1.06 bits per heavy atom. The van der Waals surface area contributed by atoms with Crippen LogP contribution in [0.4, 0.5) is 17.3 Å². The van der Waals surface area contributed by atoms with Crippen LogP contribution in [-0.2, 0) is 6.42 Å². The molecule has 1 amide bonds. The van der Waals surface area contributed by atoms with Gasteiger partial charge in [-0.25, -0.2) is 4.98 Å². The maximum absolute atomic E-state index is 12.7. The van der Waals surface area contributed by atoms with E-state index in [4.69, 9.17) is 5.73 Å². The van der Waals surface area contributed by atoms with Crippen LogP contribution in [0.2, 0.25) is 0 Å². The normalized spacial score (nSPS) is 13.5. The molecule has 4 heterocycles. The van der Waals surface area contributed by atoms with Crippen molar-refractivity contribution in [3.8, 4) is 11.1 Å². The van der Waals surface area contributed by atoms with Crippen molar-refractivity contribution in [2.24, 2.45) is 0 Å². The highest BCUT2D eigenvalue weighted by molar-refractivity contribution is 5.97. The van der Waals surface area contributed by atoms with Crippen molar-refractivity contribution in [3.05, 3.63) is 65.6 Å². The number of nitrogens with two attached hydrogens (primary N) is 1. The molecule has 4 aromatic rings. The summed E-state index contributed by atoms with van der Waals surface area (Å²) in [5.74, 6) is 1.21. The Labute approximate surface area is 191 Å². The van der Waals surface area contributed by atoms with Crippen molar-refractivity contribution in [2.75, 3.05) is 17.6 Å². The number of anilines is 3. The number of carbonyl (C=O) groups excluding carboxylic acids is 1. The zero-order chi connectivity index (χ0) is 23.1. The summed E-state index contributed by atoms with van der Waals surface area (Å²) in [6.45, 7) is 6.77. The first-order valence-electron chi connectivity index (χ1n) is 11.0. The third-order valence-corrected chi connectivity index (χ3v) is 6.00. The zero-order valence-corrected chi connectivity index (χ0v) is 18.8. The van der Waals surface area contributed by atoms with E-state index in [0.29, 0.717) is 34.9 Å². The third-order valence-electron chi connectivity index (χ3n) is 6.00. The molecule has 8 nitrogen and oxygen atoms in total. The molecule has 0 radical (unpaired) electrons. The minimum absolute atomic E-state index is 0.0319. The Hall–Kier alpha value is -4.07. The van der Waals surface area contributed by atoms with Crippen LogP contribution in [-0.4, -0.2) is 43.6 Å². The number of nitrogen functional groups attached to an aromatic ring is 1. The number of hydrogen-bond acceptors (Lipinski definition) is 7. The molecular formula is C25H25N7O. The van der Waals surface area contributed by atoms with E-state index in [0.717, 1.165) is 34.2 Å². The quantitative estimate of drug-likeness (QED) is 0.460. The molecule has 0 atom stereocenters. The first-order chi connectivity index (χ1) is 15.9. The molecule has 5 rings (SSSR count). The third kappa shape index (κ3) is 3.84. The summed E-state index contributed by atoms with van der Waals surface area (Å²) < 4.78 is 0. The molecule has 0 spiro atoms. The number of benzene rings is 1. The summed E-state index contributed by atoms with van der Waals surface area (Å²) in [4.78, 5) is 23.5. The number of carbonyl (C=O) groups is 1. The highest BCUT2D eigenvalue weighted by Crippen LogP contribution is 2.31. The van der Waals surface area contributed by atoms with Gasteiger partial charge in [0.25, 0.3) is 5.91 Å². The Balaban J connectivity index is 1.46. The van der Waals surface area contributed by atoms with Crippen molar-refractivity contribution < 1.29 is 4.79 Å². The summed E-state index contributed by atoms with van der Waals surface area (Å²) in [7, 11) is 0. The van der Waals surface area contributed by atoms with Gasteiger partial charge in [0.05, 0.1) is 16.9 Å². The lowest BCUT2D eigenvalue weighted by Gasteiger charge is -2.31. The summed E-state index contributed by atoms with van der Waals surface area (Å²) in [6, 6.07) is 11.6. The Bertz CT molecular complexity index is 1380. The van der Waals surface area contributed by atoms with Gasteiger partial charge in [-0.2, -0.15) is 0 Å². The molecule has 0 fully saturated rings. The SMILES string of the molecule is Cc1ccncc1-c1cc(N)c2nnc(Nc3ccc4c(n3)CCN(C(C)C)C4=O)cc2c1. The number of nitrogens with one attached hydrogen (secondary N) is 1. The van der Waals surface area contributed by atoms with Gasteiger partial charge in [0.2, 0.25) is 0 Å². The fraction of sp³-hybridized carbons (Fsp3) is 0.240. The molecule has 0 aliphatic carbocycles. The zero-order valence-electron chi connectivity index (χ0n) is 18.8. The maximum Gasteiger partial charge on any atom is 0.255 e. The maximum atomic E-state index is 12.7. The predicted molar refractivity (Wildman–Crippen MR) is 129 cm³/mol. The number of aromatic nitrogens is 4. The number of fused-ring (bicyclic) bond motifs is 2. The second kappa shape index (κ2) is 8.12. The summed E-state index contributed by atoms with van der Waals surface area (Å²) in [5, 5.41) is 12.7. The lowest BCUT2D eigenvalue weighted by Crippen LogP contribution is -2.42. The fourth-order valence-electron chi connectivity index (χ4n) is 4.23. The van der Waals surface area contributed by atoms with Crippen LogP contribution in [0, 0.1) is 6.92 Å². The van der Waals surface area contributed by atoms with E-state index < -0.39 is 0 Å². The molecule has 33 heavy (non-hydrogen) atoms. The van der Waals surface area contributed by atoms with Gasteiger partial charge < -0.3 is 16.0 Å². The molecule has 0 saturated heterocycles. The highest BCUT2D eigenvalue weighted by Gasteiger charge is 2.27. The monoisotopic (exact) mass is 439 g/mol. The molecule has 3 N–H and O–H groups in total. The van der Waals surface area contributed by atoms with E-state index >= 15 is 0 Å². The molecule has 0 unspecified atom stereocenters. The Morgan fingerprint density at radius 3 is 2.70 bits per heavy atom. The minimum Gasteiger partial charge on any atom is -0.397 e. The molecule has 1 aliphatic rings. The van der Waals surface area contributed by atoms with Crippen LogP contribution >= 0.6 is 0 Å². The summed E-state index contributed by atoms with van der Waals surface area (Å²) in [6.07, 6.45) is 4.33. The number of hydrogen-bond donors (Lipinski definition) is 2. The van der Waals surface area contributed by atoms with Gasteiger partial charge in [-0.05, 0) is 68.3 Å². The average molecular weight is 440 g/mol. The van der Waals surface area contributed by atoms with Crippen molar-refractivity contribution >= 4 is 34.1 Å². The average Bonchev–Trinajstić information content (AvgIpc) is 2.79. The number of rotatable bonds is 4. The first kappa shape index (κ1) is 20.8. The predicted octanol–water partition coefficient (Wildman–Crippen LogP) is 4.13. The lowest BCUT2D eigenvalue weighted by molar-refractivity contribution is 0.0686. The van der Waals surface area contributed by atoms with E-state index in [2.05, 4.69) is 25.5 Å². The van der Waals surface area contributed by atoms with Crippen molar-refractivity contribution in [1.82, 2.24) is 25.1 Å². The van der Waals surface area contributed by atoms with Gasteiger partial charge in [0.15, 0.2) is 5.82 Å². The van der Waals surface area contributed by atoms with Crippen LogP contribution in [0.3, 0.4) is 0 Å². The van der Waals surface area contributed by atoms with Crippen LogP contribution in [0.15, 0.2) is 48.8 Å². The molecule has 3 aromatic heterocycles. The first-order valence-corrected chi connectivity index (χ1v) is 11.0. The molecule has 0 saturated carbocycles. The van der Waals surface area contributed by atoms with Gasteiger partial charge in [0.1, 0.15) is 11.3 Å². The van der Waals surface area contributed by atoms with Crippen LogP contribution in [0.25, 0.3) is 22.0 Å². The minimum atomic E-state index is 0.0319. The van der Waals surface area contributed by atoms with Crippen LogP contribution in [0.1, 0.15) is 35.5 Å². The van der Waals surface area contributed by atoms with E-state index in [1.165, 1.54) is 0 Å². The second-order valence-corrected chi connectivity index (χ2v) is 8.58. The van der Waals surface area contributed by atoms with Gasteiger partial charge in [-0.1, -0.05) is 0 Å². The number of aryl methyl sites for hydroxylation is 1. The van der Waals surface area contributed by atoms with Crippen molar-refractivity contribution in [3.63, 3.8) is 0 Å². The molecule has 1 aliphatic heterocycles. The number of amides is 1. The van der Waals surface area contributed by atoms with E-state index in [-0.39, 0.29) is 11.9 Å². The fourth-order valence-corrected chi connectivity index (χ4v) is 4.23. The molecule has 1 aromatic carbocycles. The standard InChI is InChI=1S/C25H25N7O/c1-14(2)32-9-7-21-18(25(32)33)4-5-22(28-21)29-23-12-17-10-16(11-20(26)24(17)31-30-23)19-13-27-8-6-15(19)3/h4-6,8,10-14H,7,9,26H2,1-3H3,(H,28,29,30). The Kier molecular flexibility index (Phi) is 5.12.